The number of hydrogen-bond donors (Lipinski definition) is 2. The topological polar surface area (TPSA) is 94.0 Å². The van der Waals surface area contributed by atoms with Gasteiger partial charge < -0.3 is 15.6 Å². The maximum absolute atomic E-state index is 13.5. The zero-order valence-electron chi connectivity index (χ0n) is 16.8. The number of hydrogen-bond acceptors (Lipinski definition) is 5. The Hall–Kier alpha value is -3.22. The third-order valence-corrected chi connectivity index (χ3v) is 4.89. The highest BCUT2D eigenvalue weighted by atomic mass is 19.1. The lowest BCUT2D eigenvalue weighted by atomic mass is 10.0. The van der Waals surface area contributed by atoms with E-state index in [1.54, 1.807) is 6.07 Å². The predicted octanol–water partition coefficient (Wildman–Crippen LogP) is 4.72. The summed E-state index contributed by atoms with van der Waals surface area (Å²) in [4.78, 5) is 16.0. The number of rotatable bonds is 5. The average Bonchev–Trinajstić information content (AvgIpc) is 3.29. The van der Waals surface area contributed by atoms with E-state index < -0.39 is 5.82 Å². The molecule has 4 rings (SSSR count). The van der Waals surface area contributed by atoms with E-state index in [1.165, 1.54) is 12.3 Å². The molecule has 7 heteroatoms. The van der Waals surface area contributed by atoms with Crippen molar-refractivity contribution in [2.24, 2.45) is 0 Å². The molecule has 29 heavy (non-hydrogen) atoms. The summed E-state index contributed by atoms with van der Waals surface area (Å²) in [6.07, 6.45) is 3.88. The van der Waals surface area contributed by atoms with Crippen molar-refractivity contribution in [1.29, 1.82) is 0 Å². The molecular formula is C22H25FN4O2. The largest absolute Gasteiger partial charge is 0.381 e. The third kappa shape index (κ3) is 4.80. The molecule has 0 radical (unpaired) electrons. The van der Waals surface area contributed by atoms with Crippen molar-refractivity contribution in [3.63, 3.8) is 0 Å². The number of carbonyl (C=O) groups is 1. The molecule has 0 atom stereocenters. The van der Waals surface area contributed by atoms with Gasteiger partial charge >= 0.3 is 0 Å². The number of amides is 1. The van der Waals surface area contributed by atoms with Crippen LogP contribution in [0.2, 0.25) is 0 Å². The number of nitrogens with two attached hydrogens (primary N) is 1. The Balaban J connectivity index is 0.00000117. The smallest absolute Gasteiger partial charge is 0.230 e. The standard InChI is InChI=1S/C20H19FN4O2.C2H6/c1-20(6-7-20)16-10-17(25-27-16)24-18(26)8-12-2-4-13(5-3-12)14-9-15(21)19(22)23-11-14;1-2/h2-5,9-11H,6-8H2,1H3,(H2,22,23)(H,24,25,26);1-2H3. The molecule has 1 aliphatic carbocycles. The van der Waals surface area contributed by atoms with Gasteiger partial charge in [0.1, 0.15) is 5.76 Å². The molecule has 3 N–H and O–H groups in total. The Labute approximate surface area is 169 Å². The molecule has 0 unspecified atom stereocenters. The second-order valence-corrected chi connectivity index (χ2v) is 7.15. The van der Waals surface area contributed by atoms with Crippen molar-refractivity contribution < 1.29 is 13.7 Å². The monoisotopic (exact) mass is 396 g/mol. The summed E-state index contributed by atoms with van der Waals surface area (Å²) >= 11 is 0. The Morgan fingerprint density at radius 2 is 1.90 bits per heavy atom. The summed E-state index contributed by atoms with van der Waals surface area (Å²) in [5.41, 5.74) is 7.72. The molecule has 0 aliphatic heterocycles. The van der Waals surface area contributed by atoms with Crippen LogP contribution in [-0.4, -0.2) is 16.0 Å². The first-order valence-corrected chi connectivity index (χ1v) is 9.70. The number of nitrogens with one attached hydrogen (secondary N) is 1. The molecule has 1 fully saturated rings. The molecule has 3 aromatic rings. The van der Waals surface area contributed by atoms with E-state index in [2.05, 4.69) is 22.4 Å². The van der Waals surface area contributed by atoms with Gasteiger partial charge in [0.25, 0.3) is 0 Å². The number of nitrogens with zero attached hydrogens (tertiary/aromatic N) is 2. The first kappa shape index (κ1) is 20.5. The van der Waals surface area contributed by atoms with Gasteiger partial charge in [-0.1, -0.05) is 50.2 Å². The average molecular weight is 396 g/mol. The van der Waals surface area contributed by atoms with E-state index in [1.807, 2.05) is 38.1 Å². The van der Waals surface area contributed by atoms with E-state index in [0.717, 1.165) is 29.7 Å². The Morgan fingerprint density at radius 3 is 2.52 bits per heavy atom. The van der Waals surface area contributed by atoms with Crippen molar-refractivity contribution in [3.05, 3.63) is 59.7 Å². The van der Waals surface area contributed by atoms with Crippen molar-refractivity contribution in [2.45, 2.75) is 45.4 Å². The number of aromatic nitrogens is 2. The van der Waals surface area contributed by atoms with Gasteiger partial charge in [0.05, 0.1) is 6.42 Å². The van der Waals surface area contributed by atoms with Crippen LogP contribution in [0.15, 0.2) is 47.1 Å². The number of carbonyl (C=O) groups excluding carboxylic acids is 1. The van der Waals surface area contributed by atoms with Gasteiger partial charge in [-0.15, -0.1) is 0 Å². The zero-order chi connectivity index (χ0) is 21.0. The fourth-order valence-corrected chi connectivity index (χ4v) is 2.85. The molecule has 2 heterocycles. The minimum Gasteiger partial charge on any atom is -0.381 e. The lowest BCUT2D eigenvalue weighted by Gasteiger charge is -2.05. The molecule has 6 nitrogen and oxygen atoms in total. The molecule has 152 valence electrons. The fourth-order valence-electron chi connectivity index (χ4n) is 2.85. The van der Waals surface area contributed by atoms with Crippen LogP contribution >= 0.6 is 0 Å². The van der Waals surface area contributed by atoms with Crippen LogP contribution in [0.3, 0.4) is 0 Å². The first-order valence-electron chi connectivity index (χ1n) is 9.70. The quantitative estimate of drug-likeness (QED) is 0.651. The fraction of sp³-hybridized carbons (Fsp3) is 0.318. The summed E-state index contributed by atoms with van der Waals surface area (Å²) in [6, 6.07) is 10.4. The molecule has 1 amide bonds. The molecule has 2 aromatic heterocycles. The zero-order valence-corrected chi connectivity index (χ0v) is 16.8. The molecular weight excluding hydrogens is 371 g/mol. The van der Waals surface area contributed by atoms with Crippen LogP contribution in [0.5, 0.6) is 0 Å². The van der Waals surface area contributed by atoms with Gasteiger partial charge in [-0.25, -0.2) is 9.37 Å². The number of pyridine rings is 1. The SMILES string of the molecule is CC.CC1(c2cc(NC(=O)Cc3ccc(-c4cnc(N)c(F)c4)cc3)no2)CC1. The second kappa shape index (κ2) is 8.43. The number of anilines is 2. The summed E-state index contributed by atoms with van der Waals surface area (Å²) in [7, 11) is 0. The van der Waals surface area contributed by atoms with Crippen molar-refractivity contribution >= 4 is 17.5 Å². The van der Waals surface area contributed by atoms with Crippen LogP contribution in [0.4, 0.5) is 16.0 Å². The first-order chi connectivity index (χ1) is 13.9. The number of nitrogen functional groups attached to an aromatic ring is 1. The van der Waals surface area contributed by atoms with E-state index in [9.17, 15) is 9.18 Å². The summed E-state index contributed by atoms with van der Waals surface area (Å²) in [5, 5.41) is 6.67. The lowest BCUT2D eigenvalue weighted by molar-refractivity contribution is -0.115. The predicted molar refractivity (Wildman–Crippen MR) is 111 cm³/mol. The molecule has 1 aliphatic rings. The Kier molecular flexibility index (Phi) is 5.96. The minimum absolute atomic E-state index is 0.0717. The van der Waals surface area contributed by atoms with Crippen molar-refractivity contribution in [2.75, 3.05) is 11.1 Å². The molecule has 1 saturated carbocycles. The second-order valence-electron chi connectivity index (χ2n) is 7.15. The van der Waals surface area contributed by atoms with Gasteiger partial charge in [-0.2, -0.15) is 0 Å². The molecule has 0 spiro atoms. The van der Waals surface area contributed by atoms with Crippen LogP contribution in [0.1, 0.15) is 44.9 Å². The van der Waals surface area contributed by atoms with Crippen LogP contribution < -0.4 is 11.1 Å². The maximum atomic E-state index is 13.5. The molecule has 1 aromatic carbocycles. The minimum atomic E-state index is -0.553. The normalized spacial score (nSPS) is 13.9. The number of benzene rings is 1. The highest BCUT2D eigenvalue weighted by Crippen LogP contribution is 2.48. The van der Waals surface area contributed by atoms with Crippen LogP contribution in [0, 0.1) is 5.82 Å². The van der Waals surface area contributed by atoms with Crippen LogP contribution in [-0.2, 0) is 16.6 Å². The summed E-state index contributed by atoms with van der Waals surface area (Å²) < 4.78 is 18.9. The van der Waals surface area contributed by atoms with E-state index >= 15 is 0 Å². The van der Waals surface area contributed by atoms with Crippen LogP contribution in [0.25, 0.3) is 11.1 Å². The Bertz CT molecular complexity index is 994. The van der Waals surface area contributed by atoms with Crippen molar-refractivity contribution in [3.8, 4) is 11.1 Å². The maximum Gasteiger partial charge on any atom is 0.230 e. The summed E-state index contributed by atoms with van der Waals surface area (Å²) in [6.45, 7) is 6.11. The summed E-state index contributed by atoms with van der Waals surface area (Å²) in [5.74, 6) is 0.389. The van der Waals surface area contributed by atoms with Gasteiger partial charge in [0.2, 0.25) is 5.91 Å². The Morgan fingerprint density at radius 1 is 1.21 bits per heavy atom. The van der Waals surface area contributed by atoms with E-state index in [-0.39, 0.29) is 23.6 Å². The third-order valence-electron chi connectivity index (χ3n) is 4.89. The van der Waals surface area contributed by atoms with E-state index in [4.69, 9.17) is 10.3 Å². The van der Waals surface area contributed by atoms with Gasteiger partial charge in [-0.05, 0) is 30.0 Å². The molecule has 0 saturated heterocycles. The van der Waals surface area contributed by atoms with Gasteiger partial charge in [0.15, 0.2) is 17.5 Å². The molecule has 0 bridgehead atoms. The van der Waals surface area contributed by atoms with Crippen molar-refractivity contribution in [1.82, 2.24) is 10.1 Å². The van der Waals surface area contributed by atoms with E-state index in [0.29, 0.717) is 11.4 Å². The highest BCUT2D eigenvalue weighted by molar-refractivity contribution is 5.91. The number of halogens is 1. The highest BCUT2D eigenvalue weighted by Gasteiger charge is 2.42. The van der Waals surface area contributed by atoms with Gasteiger partial charge in [0, 0.05) is 23.2 Å². The lowest BCUT2D eigenvalue weighted by Crippen LogP contribution is -2.14. The van der Waals surface area contributed by atoms with Gasteiger partial charge in [-0.3, -0.25) is 4.79 Å².